The van der Waals surface area contributed by atoms with Gasteiger partial charge in [-0.25, -0.2) is 50.5 Å². The van der Waals surface area contributed by atoms with Crippen LogP contribution < -0.4 is 0 Å². The van der Waals surface area contributed by atoms with Crippen molar-refractivity contribution in [2.75, 3.05) is 57.5 Å². The van der Waals surface area contributed by atoms with Crippen molar-refractivity contribution >= 4 is 59.0 Å². The fourth-order valence-electron chi connectivity index (χ4n) is 4.51. The second-order valence-corrected chi connectivity index (χ2v) is 26.2. The molecule has 0 aliphatic rings. The largest absolute Gasteiger partial charge is 0.228 e. The molecule has 0 heterocycles. The van der Waals surface area contributed by atoms with Crippen LogP contribution in [-0.4, -0.2) is 119 Å². The van der Waals surface area contributed by atoms with Crippen molar-refractivity contribution in [1.82, 2.24) is 0 Å². The number of hydrogen-bond acceptors (Lipinski definition) is 12. The minimum atomic E-state index is -3.99. The Bertz CT molecular complexity index is 2040. The molecule has 18 heteroatoms. The highest BCUT2D eigenvalue weighted by atomic mass is 32.2. The van der Waals surface area contributed by atoms with Gasteiger partial charge in [0.2, 0.25) is 0 Å². The molecule has 0 aromatic rings. The maximum Gasteiger partial charge on any atom is 0.158 e. The highest BCUT2D eigenvalue weighted by Gasteiger charge is 2.34. The van der Waals surface area contributed by atoms with E-state index >= 15 is 0 Å². The van der Waals surface area contributed by atoms with Crippen molar-refractivity contribution in [3.8, 4) is 0 Å². The van der Waals surface area contributed by atoms with Gasteiger partial charge in [0.1, 0.15) is 0 Å². The summed E-state index contributed by atoms with van der Waals surface area (Å²) in [6.45, 7) is 10.6. The normalized spacial score (nSPS) is 15.7. The van der Waals surface area contributed by atoms with E-state index < -0.39 is 104 Å². The molecule has 12 nitrogen and oxygen atoms in total. The third-order valence-corrected chi connectivity index (χ3v) is 18.8. The predicted molar refractivity (Wildman–Crippen MR) is 253 cm³/mol. The molecule has 60 heavy (non-hydrogen) atoms. The maximum atomic E-state index is 12.7. The Labute approximate surface area is 362 Å². The van der Waals surface area contributed by atoms with Crippen molar-refractivity contribution in [3.63, 3.8) is 0 Å². The van der Waals surface area contributed by atoms with Crippen LogP contribution in [0.5, 0.6) is 0 Å². The van der Waals surface area contributed by atoms with Gasteiger partial charge in [-0.1, -0.05) is 146 Å². The summed E-state index contributed by atoms with van der Waals surface area (Å²) < 4.78 is 150. The van der Waals surface area contributed by atoms with Gasteiger partial charge in [-0.3, -0.25) is 0 Å². The van der Waals surface area contributed by atoms with Crippen LogP contribution in [0.15, 0.2) is 146 Å². The highest BCUT2D eigenvalue weighted by molar-refractivity contribution is 7.98. The van der Waals surface area contributed by atoms with E-state index in [9.17, 15) is 50.5 Å². The van der Waals surface area contributed by atoms with Crippen molar-refractivity contribution in [2.24, 2.45) is 0 Å². The molecular formula is C42H64O12S6. The first-order valence-corrected chi connectivity index (χ1v) is 29.6. The average Bonchev–Trinajstić information content (AvgIpc) is 3.15. The molecule has 0 radical (unpaired) electrons. The van der Waals surface area contributed by atoms with Crippen LogP contribution >= 0.6 is 0 Å². The fourth-order valence-corrected chi connectivity index (χ4v) is 16.8. The molecule has 0 saturated carbocycles. The summed E-state index contributed by atoms with van der Waals surface area (Å²) in [5.74, 6) is -5.30. The first-order chi connectivity index (χ1) is 28.0. The Balaban J connectivity index is 0. The van der Waals surface area contributed by atoms with E-state index in [1.54, 1.807) is 139 Å². The Morgan fingerprint density at radius 3 is 0.600 bits per heavy atom. The predicted octanol–water partition coefficient (Wildman–Crippen LogP) is 5.99. The zero-order valence-electron chi connectivity index (χ0n) is 35.4. The van der Waals surface area contributed by atoms with E-state index in [1.165, 1.54) is 48.6 Å². The summed E-state index contributed by atoms with van der Waals surface area (Å²) in [7, 11) is -23.2. The summed E-state index contributed by atoms with van der Waals surface area (Å²) in [5.41, 5.74) is 0. The van der Waals surface area contributed by atoms with Gasteiger partial charge in [0.15, 0.2) is 59.0 Å². The van der Waals surface area contributed by atoms with Crippen LogP contribution in [0, 0.1) is 0 Å². The SMILES string of the molecule is CC=CC=CCS(=O)(=O)CC(CS(=O)(=O)CC=CC=CC)S(=O)(=O)CC=CC=CC.CC=CC=CCS(=O)(=O)CC(CS(=O)(=O)CC=CC=CC)S(=O)(=O)CC=CC=CC. The van der Waals surface area contributed by atoms with Gasteiger partial charge in [0.25, 0.3) is 0 Å². The Morgan fingerprint density at radius 2 is 0.433 bits per heavy atom. The fraction of sp³-hybridized carbons (Fsp3) is 0.429. The van der Waals surface area contributed by atoms with E-state index in [0.29, 0.717) is 0 Å². The van der Waals surface area contributed by atoms with Crippen molar-refractivity contribution in [1.29, 1.82) is 0 Å². The standard InChI is InChI=1S/2C21H32O6S3/c2*1-4-7-10-13-16-28(22,23)19-21(30(26,27)18-15-12-9-6-3)20-29(24,25)17-14-11-8-5-2/h2*4-15,21H,16-20H2,1-3H3. The molecular weight excluding hydrogens is 889 g/mol. The third kappa shape index (κ3) is 31.5. The van der Waals surface area contributed by atoms with E-state index in [-0.39, 0.29) is 23.0 Å². The lowest BCUT2D eigenvalue weighted by molar-refractivity contribution is 0.574. The van der Waals surface area contributed by atoms with Crippen molar-refractivity contribution in [3.05, 3.63) is 146 Å². The number of hydrogen-bond donors (Lipinski definition) is 0. The second-order valence-electron chi connectivity index (χ2n) is 12.9. The van der Waals surface area contributed by atoms with Crippen molar-refractivity contribution < 1.29 is 50.5 Å². The zero-order valence-corrected chi connectivity index (χ0v) is 40.3. The molecule has 0 N–H and O–H groups in total. The molecule has 0 atom stereocenters. The van der Waals surface area contributed by atoms with Gasteiger partial charge in [0, 0.05) is 0 Å². The lowest BCUT2D eigenvalue weighted by Gasteiger charge is -2.16. The molecule has 0 aliphatic carbocycles. The molecule has 0 bridgehead atoms. The first kappa shape index (κ1) is 58.7. The van der Waals surface area contributed by atoms with Gasteiger partial charge >= 0.3 is 0 Å². The summed E-state index contributed by atoms with van der Waals surface area (Å²) >= 11 is 0. The van der Waals surface area contributed by atoms with Crippen LogP contribution in [0.2, 0.25) is 0 Å². The van der Waals surface area contributed by atoms with Crippen LogP contribution in [0.3, 0.4) is 0 Å². The van der Waals surface area contributed by atoms with E-state index in [2.05, 4.69) is 0 Å². The molecule has 0 saturated heterocycles. The smallest absolute Gasteiger partial charge is 0.158 e. The monoisotopic (exact) mass is 952 g/mol. The second kappa shape index (κ2) is 31.4. The quantitative estimate of drug-likeness (QED) is 0.0830. The van der Waals surface area contributed by atoms with Crippen molar-refractivity contribution in [2.45, 2.75) is 52.0 Å². The van der Waals surface area contributed by atoms with Crippen LogP contribution in [0.25, 0.3) is 0 Å². The Kier molecular flexibility index (Phi) is 30.7. The lowest BCUT2D eigenvalue weighted by atomic mass is 10.5. The minimum absolute atomic E-state index is 0.362. The summed E-state index contributed by atoms with van der Waals surface area (Å²) in [6.07, 6.45) is 37.8. The van der Waals surface area contributed by atoms with Crippen LogP contribution in [0.4, 0.5) is 0 Å². The number of rotatable bonds is 28. The minimum Gasteiger partial charge on any atom is -0.228 e. The van der Waals surface area contributed by atoms with E-state index in [1.807, 2.05) is 0 Å². The molecule has 0 fully saturated rings. The summed E-state index contributed by atoms with van der Waals surface area (Å²) in [4.78, 5) is 0. The average molecular weight is 953 g/mol. The highest BCUT2D eigenvalue weighted by Crippen LogP contribution is 2.14. The van der Waals surface area contributed by atoms with Gasteiger partial charge in [-0.05, 0) is 41.5 Å². The topological polar surface area (TPSA) is 205 Å². The number of allylic oxidation sites excluding steroid dienone is 18. The van der Waals surface area contributed by atoms with Gasteiger partial charge in [-0.15, -0.1) is 0 Å². The molecule has 340 valence electrons. The molecule has 0 aromatic heterocycles. The summed E-state index contributed by atoms with van der Waals surface area (Å²) in [6, 6.07) is 0. The Hall–Kier alpha value is -3.42. The van der Waals surface area contributed by atoms with E-state index in [4.69, 9.17) is 0 Å². The van der Waals surface area contributed by atoms with Crippen LogP contribution in [0.1, 0.15) is 41.5 Å². The van der Waals surface area contributed by atoms with Gasteiger partial charge < -0.3 is 0 Å². The van der Waals surface area contributed by atoms with Gasteiger partial charge in [0.05, 0.1) is 68.0 Å². The van der Waals surface area contributed by atoms with Crippen LogP contribution in [-0.2, 0) is 59.0 Å². The molecule has 0 unspecified atom stereocenters. The van der Waals surface area contributed by atoms with E-state index in [0.717, 1.165) is 0 Å². The Morgan fingerprint density at radius 1 is 0.267 bits per heavy atom. The lowest BCUT2D eigenvalue weighted by Crippen LogP contribution is -2.38. The molecule has 0 aliphatic heterocycles. The zero-order chi connectivity index (χ0) is 46.2. The maximum absolute atomic E-state index is 12.7. The van der Waals surface area contributed by atoms with Gasteiger partial charge in [-0.2, -0.15) is 0 Å². The molecule has 0 aromatic carbocycles. The molecule has 0 rings (SSSR count). The molecule has 0 amide bonds. The third-order valence-electron chi connectivity index (χ3n) is 7.47. The first-order valence-electron chi connectivity index (χ1n) is 18.9. The molecule has 0 spiro atoms. The summed E-state index contributed by atoms with van der Waals surface area (Å²) in [5, 5.41) is -3.07. The number of sulfone groups is 6.